The molecule has 0 atom stereocenters. The van der Waals surface area contributed by atoms with Gasteiger partial charge in [0.2, 0.25) is 0 Å². The standard InChI is InChI=1S/C11H10BrN/c1-7-10-6-9(12)4-2-8(10)3-5-11(7)13/h2-6H,13H2,1H3. The second kappa shape index (κ2) is 3.04. The molecule has 2 aromatic carbocycles. The fourth-order valence-corrected chi connectivity index (χ4v) is 1.82. The molecular weight excluding hydrogens is 226 g/mol. The van der Waals surface area contributed by atoms with Crippen molar-refractivity contribution in [2.24, 2.45) is 0 Å². The van der Waals surface area contributed by atoms with Crippen LogP contribution in [0.5, 0.6) is 0 Å². The smallest absolute Gasteiger partial charge is 0.0350 e. The van der Waals surface area contributed by atoms with E-state index in [2.05, 4.69) is 28.1 Å². The topological polar surface area (TPSA) is 26.0 Å². The molecule has 2 aromatic rings. The van der Waals surface area contributed by atoms with E-state index in [1.807, 2.05) is 25.1 Å². The van der Waals surface area contributed by atoms with E-state index in [4.69, 9.17) is 5.73 Å². The predicted molar refractivity (Wildman–Crippen MR) is 60.8 cm³/mol. The van der Waals surface area contributed by atoms with Crippen molar-refractivity contribution in [3.8, 4) is 0 Å². The lowest BCUT2D eigenvalue weighted by atomic mass is 10.0. The van der Waals surface area contributed by atoms with Crippen molar-refractivity contribution in [3.05, 3.63) is 40.4 Å². The van der Waals surface area contributed by atoms with Crippen molar-refractivity contribution in [3.63, 3.8) is 0 Å². The summed E-state index contributed by atoms with van der Waals surface area (Å²) >= 11 is 3.45. The molecule has 0 heterocycles. The van der Waals surface area contributed by atoms with E-state index in [9.17, 15) is 0 Å². The van der Waals surface area contributed by atoms with Crippen LogP contribution in [0.25, 0.3) is 10.8 Å². The molecule has 0 aliphatic heterocycles. The first-order valence-electron chi connectivity index (χ1n) is 4.13. The molecule has 0 saturated heterocycles. The molecule has 2 rings (SSSR count). The van der Waals surface area contributed by atoms with Crippen LogP contribution in [0.2, 0.25) is 0 Å². The maximum Gasteiger partial charge on any atom is 0.0350 e. The first kappa shape index (κ1) is 8.57. The van der Waals surface area contributed by atoms with Gasteiger partial charge in [-0.05, 0) is 41.5 Å². The molecule has 0 fully saturated rings. The Kier molecular flexibility index (Phi) is 2.00. The summed E-state index contributed by atoms with van der Waals surface area (Å²) in [5.74, 6) is 0. The number of rotatable bonds is 0. The highest BCUT2D eigenvalue weighted by atomic mass is 79.9. The van der Waals surface area contributed by atoms with Crippen LogP contribution in [0.1, 0.15) is 5.56 Å². The van der Waals surface area contributed by atoms with E-state index in [0.29, 0.717) is 0 Å². The highest BCUT2D eigenvalue weighted by molar-refractivity contribution is 9.10. The van der Waals surface area contributed by atoms with Crippen molar-refractivity contribution in [1.82, 2.24) is 0 Å². The summed E-state index contributed by atoms with van der Waals surface area (Å²) in [6.07, 6.45) is 0. The minimum Gasteiger partial charge on any atom is -0.398 e. The fourth-order valence-electron chi connectivity index (χ4n) is 1.46. The molecule has 2 heteroatoms. The van der Waals surface area contributed by atoms with Crippen LogP contribution < -0.4 is 5.73 Å². The van der Waals surface area contributed by atoms with Crippen LogP contribution in [0.4, 0.5) is 5.69 Å². The lowest BCUT2D eigenvalue weighted by molar-refractivity contribution is 1.52. The van der Waals surface area contributed by atoms with E-state index in [-0.39, 0.29) is 0 Å². The third-order valence-electron chi connectivity index (χ3n) is 2.29. The number of anilines is 1. The van der Waals surface area contributed by atoms with E-state index in [0.717, 1.165) is 15.7 Å². The van der Waals surface area contributed by atoms with Gasteiger partial charge in [-0.2, -0.15) is 0 Å². The number of benzene rings is 2. The number of nitrogen functional groups attached to an aromatic ring is 1. The maximum atomic E-state index is 5.82. The minimum atomic E-state index is 0.852. The molecule has 0 spiro atoms. The van der Waals surface area contributed by atoms with Crippen molar-refractivity contribution < 1.29 is 0 Å². The van der Waals surface area contributed by atoms with Gasteiger partial charge in [0.05, 0.1) is 0 Å². The SMILES string of the molecule is Cc1c(N)ccc2ccc(Br)cc12. The molecule has 2 N–H and O–H groups in total. The highest BCUT2D eigenvalue weighted by Crippen LogP contribution is 2.26. The van der Waals surface area contributed by atoms with Gasteiger partial charge in [0.25, 0.3) is 0 Å². The van der Waals surface area contributed by atoms with Gasteiger partial charge in [0, 0.05) is 10.2 Å². The first-order chi connectivity index (χ1) is 6.18. The molecule has 0 amide bonds. The Bertz CT molecular complexity index is 458. The average Bonchev–Trinajstić information content (AvgIpc) is 2.12. The van der Waals surface area contributed by atoms with E-state index in [1.54, 1.807) is 0 Å². The van der Waals surface area contributed by atoms with Gasteiger partial charge >= 0.3 is 0 Å². The Morgan fingerprint density at radius 1 is 1.15 bits per heavy atom. The Morgan fingerprint density at radius 3 is 2.62 bits per heavy atom. The fraction of sp³-hybridized carbons (Fsp3) is 0.0909. The summed E-state index contributed by atoms with van der Waals surface area (Å²) in [5.41, 5.74) is 7.82. The molecule has 0 aromatic heterocycles. The zero-order chi connectivity index (χ0) is 9.42. The molecule has 0 aliphatic rings. The van der Waals surface area contributed by atoms with Crippen LogP contribution in [-0.2, 0) is 0 Å². The summed E-state index contributed by atoms with van der Waals surface area (Å²) < 4.78 is 1.09. The second-order valence-electron chi connectivity index (χ2n) is 3.15. The van der Waals surface area contributed by atoms with E-state index in [1.165, 1.54) is 10.8 Å². The largest absolute Gasteiger partial charge is 0.398 e. The van der Waals surface area contributed by atoms with E-state index >= 15 is 0 Å². The van der Waals surface area contributed by atoms with Crippen LogP contribution in [0.3, 0.4) is 0 Å². The molecule has 0 aliphatic carbocycles. The summed E-state index contributed by atoms with van der Waals surface area (Å²) in [6, 6.07) is 10.2. The third-order valence-corrected chi connectivity index (χ3v) is 2.79. The van der Waals surface area contributed by atoms with Gasteiger partial charge in [0.1, 0.15) is 0 Å². The quantitative estimate of drug-likeness (QED) is 0.696. The van der Waals surface area contributed by atoms with Crippen molar-refractivity contribution in [1.29, 1.82) is 0 Å². The summed E-state index contributed by atoms with van der Waals surface area (Å²) in [5, 5.41) is 2.45. The highest BCUT2D eigenvalue weighted by Gasteiger charge is 2.00. The molecule has 0 unspecified atom stereocenters. The summed E-state index contributed by atoms with van der Waals surface area (Å²) in [4.78, 5) is 0. The average molecular weight is 236 g/mol. The number of aryl methyl sites for hydroxylation is 1. The monoisotopic (exact) mass is 235 g/mol. The normalized spacial score (nSPS) is 10.6. The number of halogens is 1. The summed E-state index contributed by atoms with van der Waals surface area (Å²) in [7, 11) is 0. The number of fused-ring (bicyclic) bond motifs is 1. The number of nitrogens with two attached hydrogens (primary N) is 1. The van der Waals surface area contributed by atoms with Crippen molar-refractivity contribution in [2.45, 2.75) is 6.92 Å². The van der Waals surface area contributed by atoms with Crippen LogP contribution >= 0.6 is 15.9 Å². The lowest BCUT2D eigenvalue weighted by Crippen LogP contribution is -1.89. The molecule has 13 heavy (non-hydrogen) atoms. The van der Waals surface area contributed by atoms with Crippen LogP contribution in [0.15, 0.2) is 34.8 Å². The van der Waals surface area contributed by atoms with Gasteiger partial charge < -0.3 is 5.73 Å². The Morgan fingerprint density at radius 2 is 1.85 bits per heavy atom. The molecule has 66 valence electrons. The van der Waals surface area contributed by atoms with Gasteiger partial charge in [-0.1, -0.05) is 28.1 Å². The Labute approximate surface area is 85.7 Å². The van der Waals surface area contributed by atoms with Crippen molar-refractivity contribution >= 4 is 32.4 Å². The molecular formula is C11H10BrN. The van der Waals surface area contributed by atoms with Gasteiger partial charge in [-0.25, -0.2) is 0 Å². The lowest BCUT2D eigenvalue weighted by Gasteiger charge is -2.05. The molecule has 1 nitrogen and oxygen atoms in total. The number of hydrogen-bond acceptors (Lipinski definition) is 1. The molecule has 0 bridgehead atoms. The predicted octanol–water partition coefficient (Wildman–Crippen LogP) is 3.49. The van der Waals surface area contributed by atoms with E-state index < -0.39 is 0 Å². The molecule has 0 saturated carbocycles. The van der Waals surface area contributed by atoms with Crippen molar-refractivity contribution in [2.75, 3.05) is 5.73 Å². The molecule has 0 radical (unpaired) electrons. The van der Waals surface area contributed by atoms with Gasteiger partial charge in [-0.15, -0.1) is 0 Å². The Balaban J connectivity index is 2.89. The zero-order valence-electron chi connectivity index (χ0n) is 7.34. The minimum absolute atomic E-state index is 0.852. The van der Waals surface area contributed by atoms with Gasteiger partial charge in [0.15, 0.2) is 0 Å². The summed E-state index contributed by atoms with van der Waals surface area (Å²) in [6.45, 7) is 2.05. The van der Waals surface area contributed by atoms with Crippen LogP contribution in [0, 0.1) is 6.92 Å². The van der Waals surface area contributed by atoms with Crippen LogP contribution in [-0.4, -0.2) is 0 Å². The third kappa shape index (κ3) is 1.42. The zero-order valence-corrected chi connectivity index (χ0v) is 8.93. The van der Waals surface area contributed by atoms with Gasteiger partial charge in [-0.3, -0.25) is 0 Å². The second-order valence-corrected chi connectivity index (χ2v) is 4.06. The Hall–Kier alpha value is -1.02. The maximum absolute atomic E-state index is 5.82. The first-order valence-corrected chi connectivity index (χ1v) is 4.92. The number of hydrogen-bond donors (Lipinski definition) is 1.